The highest BCUT2D eigenvalue weighted by atomic mass is 16.5. The van der Waals surface area contributed by atoms with Gasteiger partial charge in [-0.25, -0.2) is 9.59 Å². The van der Waals surface area contributed by atoms with Crippen molar-refractivity contribution >= 4 is 12.1 Å². The lowest BCUT2D eigenvalue weighted by molar-refractivity contribution is -0.138. The number of benzene rings is 1. The van der Waals surface area contributed by atoms with E-state index in [9.17, 15) is 9.59 Å². The Morgan fingerprint density at radius 2 is 2.09 bits per heavy atom. The molecule has 0 fully saturated rings. The van der Waals surface area contributed by atoms with E-state index in [0.29, 0.717) is 19.3 Å². The van der Waals surface area contributed by atoms with Crippen LogP contribution in [0.4, 0.5) is 4.79 Å². The second-order valence-electron chi connectivity index (χ2n) is 4.50. The number of alkyl carbamates (subject to hydrolysis) is 1. The highest BCUT2D eigenvalue weighted by Crippen LogP contribution is 2.02. The van der Waals surface area contributed by atoms with Crippen LogP contribution in [0.3, 0.4) is 0 Å². The minimum atomic E-state index is -1.17. The second kappa shape index (κ2) is 10.00. The van der Waals surface area contributed by atoms with Gasteiger partial charge in [-0.1, -0.05) is 42.5 Å². The first-order chi connectivity index (χ1) is 10.6. The Labute approximate surface area is 129 Å². The summed E-state index contributed by atoms with van der Waals surface area (Å²) in [4.78, 5) is 22.6. The number of nitrogens with one attached hydrogen (secondary N) is 1. The summed E-state index contributed by atoms with van der Waals surface area (Å²) in [5, 5.41) is 19.7. The van der Waals surface area contributed by atoms with Crippen LogP contribution in [0.2, 0.25) is 0 Å². The van der Waals surface area contributed by atoms with E-state index >= 15 is 0 Å². The van der Waals surface area contributed by atoms with Gasteiger partial charge in [-0.2, -0.15) is 5.26 Å². The molecule has 0 heterocycles. The number of carbonyl (C=O) groups is 2. The van der Waals surface area contributed by atoms with E-state index in [-0.39, 0.29) is 6.61 Å². The van der Waals surface area contributed by atoms with E-state index in [1.165, 1.54) is 6.08 Å². The topological polar surface area (TPSA) is 99.4 Å². The highest BCUT2D eigenvalue weighted by Gasteiger charge is 2.17. The first-order valence-electron chi connectivity index (χ1n) is 6.87. The molecule has 0 aliphatic carbocycles. The number of carbonyl (C=O) groups excluding carboxylic acids is 1. The molecule has 6 nitrogen and oxygen atoms in total. The Morgan fingerprint density at radius 1 is 1.36 bits per heavy atom. The van der Waals surface area contributed by atoms with Crippen LogP contribution in [0.5, 0.6) is 0 Å². The predicted octanol–water partition coefficient (Wildman–Crippen LogP) is 2.62. The fraction of sp³-hybridized carbons (Fsp3) is 0.312. The molecule has 0 bridgehead atoms. The molecule has 2 N–H and O–H groups in total. The van der Waals surface area contributed by atoms with Crippen LogP contribution in [-0.2, 0) is 16.1 Å². The van der Waals surface area contributed by atoms with Crippen molar-refractivity contribution in [3.8, 4) is 6.07 Å². The molecule has 0 aliphatic rings. The number of nitriles is 1. The number of amides is 1. The summed E-state index contributed by atoms with van der Waals surface area (Å²) in [5.74, 6) is -1.17. The minimum absolute atomic E-state index is 0.0743. The molecule has 0 unspecified atom stereocenters. The van der Waals surface area contributed by atoms with Crippen LogP contribution >= 0.6 is 0 Å². The monoisotopic (exact) mass is 302 g/mol. The van der Waals surface area contributed by atoms with Crippen LogP contribution in [-0.4, -0.2) is 23.2 Å². The molecule has 1 aromatic carbocycles. The van der Waals surface area contributed by atoms with Gasteiger partial charge in [0.1, 0.15) is 12.6 Å². The van der Waals surface area contributed by atoms with Crippen LogP contribution in [0.25, 0.3) is 0 Å². The van der Waals surface area contributed by atoms with Crippen molar-refractivity contribution in [1.82, 2.24) is 5.32 Å². The fourth-order valence-electron chi connectivity index (χ4n) is 1.62. The first kappa shape index (κ1) is 17.2. The molecule has 0 saturated heterocycles. The van der Waals surface area contributed by atoms with Crippen molar-refractivity contribution in [3.05, 3.63) is 48.0 Å². The smallest absolute Gasteiger partial charge is 0.408 e. The molecule has 116 valence electrons. The highest BCUT2D eigenvalue weighted by molar-refractivity contribution is 5.81. The molecular weight excluding hydrogens is 284 g/mol. The van der Waals surface area contributed by atoms with Crippen molar-refractivity contribution in [2.24, 2.45) is 0 Å². The second-order valence-corrected chi connectivity index (χ2v) is 4.50. The fourth-order valence-corrected chi connectivity index (χ4v) is 1.62. The van der Waals surface area contributed by atoms with E-state index in [2.05, 4.69) is 5.32 Å². The molecule has 22 heavy (non-hydrogen) atoms. The maximum absolute atomic E-state index is 11.6. The average molecular weight is 302 g/mol. The van der Waals surface area contributed by atoms with Gasteiger partial charge in [-0.15, -0.1) is 0 Å². The van der Waals surface area contributed by atoms with Crippen LogP contribution in [0.15, 0.2) is 42.5 Å². The summed E-state index contributed by atoms with van der Waals surface area (Å²) in [6, 6.07) is 9.95. The predicted molar refractivity (Wildman–Crippen MR) is 79.8 cm³/mol. The third-order valence-electron chi connectivity index (χ3n) is 2.74. The van der Waals surface area contributed by atoms with Gasteiger partial charge in [0.15, 0.2) is 0 Å². The molecule has 0 aliphatic heterocycles. The van der Waals surface area contributed by atoms with E-state index in [4.69, 9.17) is 15.1 Å². The summed E-state index contributed by atoms with van der Waals surface area (Å²) in [6.07, 6.45) is 3.86. The number of unbranched alkanes of at least 4 members (excludes halogenated alkanes) is 2. The molecule has 0 radical (unpaired) electrons. The molecular formula is C16H18N2O4. The van der Waals surface area contributed by atoms with E-state index in [1.807, 2.05) is 24.3 Å². The first-order valence-corrected chi connectivity index (χ1v) is 6.87. The normalized spacial score (nSPS) is 11.6. The van der Waals surface area contributed by atoms with Gasteiger partial charge in [-0.05, 0) is 18.4 Å². The largest absolute Gasteiger partial charge is 0.479 e. The number of hydrogen-bond acceptors (Lipinski definition) is 4. The zero-order chi connectivity index (χ0) is 16.2. The number of rotatable bonds is 8. The van der Waals surface area contributed by atoms with E-state index in [1.54, 1.807) is 18.2 Å². The van der Waals surface area contributed by atoms with Crippen LogP contribution in [0.1, 0.15) is 24.8 Å². The number of carboxylic acid groups (broad SMARTS) is 1. The quantitative estimate of drug-likeness (QED) is 0.568. The van der Waals surface area contributed by atoms with Gasteiger partial charge < -0.3 is 15.2 Å². The maximum atomic E-state index is 11.6. The Bertz CT molecular complexity index is 549. The Kier molecular flexibility index (Phi) is 7.83. The summed E-state index contributed by atoms with van der Waals surface area (Å²) >= 11 is 0. The average Bonchev–Trinajstić information content (AvgIpc) is 2.52. The zero-order valence-electron chi connectivity index (χ0n) is 12.1. The third kappa shape index (κ3) is 7.10. The number of carboxylic acids is 1. The Balaban J connectivity index is 2.40. The zero-order valence-corrected chi connectivity index (χ0v) is 12.1. The van der Waals surface area contributed by atoms with Gasteiger partial charge in [0.05, 0.1) is 6.07 Å². The standard InChI is InChI=1S/C16H18N2O4/c17-11-7-2-1-6-10-14(15(19)20)18-16(21)22-12-13-8-4-3-5-9-13/h3-6,8-10,14H,1-2,7,12H2,(H,18,21)(H,19,20)/b10-6-/t14-/m0/s1. The maximum Gasteiger partial charge on any atom is 0.408 e. The Morgan fingerprint density at radius 3 is 2.73 bits per heavy atom. The summed E-state index contributed by atoms with van der Waals surface area (Å²) in [6.45, 7) is 0.0743. The molecule has 6 heteroatoms. The molecule has 0 saturated carbocycles. The number of nitrogens with zero attached hydrogens (tertiary/aromatic N) is 1. The minimum Gasteiger partial charge on any atom is -0.479 e. The lowest BCUT2D eigenvalue weighted by Crippen LogP contribution is -2.39. The molecule has 1 atom stereocenters. The van der Waals surface area contributed by atoms with Crippen molar-refractivity contribution in [2.75, 3.05) is 0 Å². The van der Waals surface area contributed by atoms with Crippen molar-refractivity contribution in [1.29, 1.82) is 5.26 Å². The third-order valence-corrected chi connectivity index (χ3v) is 2.74. The van der Waals surface area contributed by atoms with Crippen molar-refractivity contribution in [2.45, 2.75) is 31.9 Å². The lowest BCUT2D eigenvalue weighted by Gasteiger charge is -2.11. The van der Waals surface area contributed by atoms with Crippen LogP contribution < -0.4 is 5.32 Å². The van der Waals surface area contributed by atoms with Gasteiger partial charge in [0.2, 0.25) is 0 Å². The summed E-state index contributed by atoms with van der Waals surface area (Å²) < 4.78 is 4.96. The van der Waals surface area contributed by atoms with Gasteiger partial charge in [0.25, 0.3) is 0 Å². The SMILES string of the molecule is N#CCCC/C=C\[C@H](NC(=O)OCc1ccccc1)C(=O)O. The molecule has 1 rings (SSSR count). The summed E-state index contributed by atoms with van der Waals surface area (Å²) in [5.41, 5.74) is 0.816. The number of hydrogen-bond donors (Lipinski definition) is 2. The van der Waals surface area contributed by atoms with Crippen LogP contribution in [0, 0.1) is 11.3 Å². The van der Waals surface area contributed by atoms with Crippen molar-refractivity contribution in [3.63, 3.8) is 0 Å². The molecule has 1 aromatic rings. The number of ether oxygens (including phenoxy) is 1. The van der Waals surface area contributed by atoms with Gasteiger partial charge >= 0.3 is 12.1 Å². The van der Waals surface area contributed by atoms with Gasteiger partial charge in [0, 0.05) is 6.42 Å². The molecule has 0 spiro atoms. The van der Waals surface area contributed by atoms with Gasteiger partial charge in [-0.3, -0.25) is 0 Å². The van der Waals surface area contributed by atoms with Crippen molar-refractivity contribution < 1.29 is 19.4 Å². The van der Waals surface area contributed by atoms with E-state index < -0.39 is 18.1 Å². The lowest BCUT2D eigenvalue weighted by atomic mass is 10.2. The summed E-state index contributed by atoms with van der Waals surface area (Å²) in [7, 11) is 0. The Hall–Kier alpha value is -2.81. The number of aliphatic carboxylic acids is 1. The number of allylic oxidation sites excluding steroid dienone is 1. The molecule has 0 aromatic heterocycles. The molecule has 1 amide bonds. The van der Waals surface area contributed by atoms with E-state index in [0.717, 1.165) is 5.56 Å².